The molecule has 0 aromatic rings. The van der Waals surface area contributed by atoms with Crippen molar-refractivity contribution in [2.75, 3.05) is 0 Å². The quantitative estimate of drug-likeness (QED) is 0.0414. The summed E-state index contributed by atoms with van der Waals surface area (Å²) < 4.78 is 5.98. The van der Waals surface area contributed by atoms with Crippen LogP contribution >= 0.6 is 0 Å². The normalized spacial score (nSPS) is 12.4. The van der Waals surface area contributed by atoms with Crippen LogP contribution in [0.1, 0.15) is 226 Å². The largest absolute Gasteiger partial charge is 0.481 e. The van der Waals surface area contributed by atoms with E-state index in [1.54, 1.807) is 0 Å². The molecule has 0 fully saturated rings. The molecule has 46 heavy (non-hydrogen) atoms. The number of esters is 1. The fraction of sp³-hybridized carbons (Fsp3) is 0.857. The highest BCUT2D eigenvalue weighted by atomic mass is 16.5. The van der Waals surface area contributed by atoms with Crippen LogP contribution in [0.5, 0.6) is 0 Å². The van der Waals surface area contributed by atoms with Crippen LogP contribution in [-0.2, 0) is 14.3 Å². The van der Waals surface area contributed by atoms with Gasteiger partial charge >= 0.3 is 11.9 Å². The lowest BCUT2D eigenvalue weighted by Crippen LogP contribution is -2.18. The molecule has 1 unspecified atom stereocenters. The van der Waals surface area contributed by atoms with Gasteiger partial charge in [-0.05, 0) is 70.6 Å². The zero-order valence-corrected chi connectivity index (χ0v) is 30.9. The van der Waals surface area contributed by atoms with Gasteiger partial charge in [0.25, 0.3) is 0 Å². The number of hydrogen-bond acceptors (Lipinski definition) is 3. The third kappa shape index (κ3) is 36.9. The lowest BCUT2D eigenvalue weighted by Gasteiger charge is -2.18. The van der Waals surface area contributed by atoms with Crippen LogP contribution in [0, 0.1) is 0 Å². The minimum Gasteiger partial charge on any atom is -0.481 e. The molecule has 0 bridgehead atoms. The van der Waals surface area contributed by atoms with Crippen molar-refractivity contribution in [1.82, 2.24) is 0 Å². The second-order valence-electron chi connectivity index (χ2n) is 13.8. The van der Waals surface area contributed by atoms with Crippen molar-refractivity contribution < 1.29 is 19.4 Å². The Hall–Kier alpha value is -1.58. The van der Waals surface area contributed by atoms with Crippen LogP contribution in [-0.4, -0.2) is 23.1 Å². The van der Waals surface area contributed by atoms with Gasteiger partial charge in [-0.15, -0.1) is 0 Å². The number of allylic oxidation sites excluding steroid dienone is 4. The molecule has 0 rings (SSSR count). The molecule has 0 saturated carbocycles. The van der Waals surface area contributed by atoms with Crippen LogP contribution < -0.4 is 0 Å². The Morgan fingerprint density at radius 1 is 0.478 bits per heavy atom. The summed E-state index contributed by atoms with van der Waals surface area (Å²) >= 11 is 0. The number of unbranched alkanes of at least 4 members (excludes halogenated alkanes) is 24. The molecular formula is C42H78O4. The third-order valence-corrected chi connectivity index (χ3v) is 9.18. The number of carbonyl (C=O) groups excluding carboxylic acids is 1. The van der Waals surface area contributed by atoms with Crippen molar-refractivity contribution >= 4 is 11.9 Å². The molecule has 0 aliphatic heterocycles. The van der Waals surface area contributed by atoms with E-state index in [1.807, 2.05) is 0 Å². The molecule has 1 N–H and O–H groups in total. The van der Waals surface area contributed by atoms with Crippen LogP contribution in [0.25, 0.3) is 0 Å². The Morgan fingerprint density at radius 2 is 0.848 bits per heavy atom. The van der Waals surface area contributed by atoms with E-state index in [2.05, 4.69) is 38.2 Å². The van der Waals surface area contributed by atoms with E-state index in [0.29, 0.717) is 6.42 Å². The van der Waals surface area contributed by atoms with Gasteiger partial charge in [-0.25, -0.2) is 0 Å². The fourth-order valence-electron chi connectivity index (χ4n) is 6.16. The van der Waals surface area contributed by atoms with Gasteiger partial charge in [0.05, 0.1) is 0 Å². The molecule has 0 aromatic heterocycles. The lowest BCUT2D eigenvalue weighted by molar-refractivity contribution is -0.150. The molecule has 0 heterocycles. The van der Waals surface area contributed by atoms with Crippen LogP contribution in [0.3, 0.4) is 0 Å². The van der Waals surface area contributed by atoms with Crippen LogP contribution in [0.2, 0.25) is 0 Å². The predicted octanol–water partition coefficient (Wildman–Crippen LogP) is 14.0. The van der Waals surface area contributed by atoms with E-state index in [9.17, 15) is 9.59 Å². The molecule has 4 heteroatoms. The average molecular weight is 647 g/mol. The molecule has 0 aliphatic carbocycles. The number of carbonyl (C=O) groups is 2. The van der Waals surface area contributed by atoms with Gasteiger partial charge in [0.1, 0.15) is 6.10 Å². The highest BCUT2D eigenvalue weighted by Crippen LogP contribution is 2.19. The Labute approximate surface area is 287 Å². The minimum absolute atomic E-state index is 0.00906. The summed E-state index contributed by atoms with van der Waals surface area (Å²) in [5.74, 6) is -0.683. The van der Waals surface area contributed by atoms with Crippen molar-refractivity contribution in [3.8, 4) is 0 Å². The maximum Gasteiger partial charge on any atom is 0.306 e. The second-order valence-corrected chi connectivity index (χ2v) is 13.8. The molecule has 4 nitrogen and oxygen atoms in total. The molecule has 1 atom stereocenters. The summed E-state index contributed by atoms with van der Waals surface area (Å²) in [7, 11) is 0. The van der Waals surface area contributed by atoms with E-state index in [1.165, 1.54) is 122 Å². The number of ether oxygens (including phenoxy) is 1. The van der Waals surface area contributed by atoms with Gasteiger partial charge in [0, 0.05) is 12.8 Å². The van der Waals surface area contributed by atoms with E-state index < -0.39 is 5.97 Å². The molecule has 270 valence electrons. The Morgan fingerprint density at radius 3 is 1.33 bits per heavy atom. The number of aliphatic carboxylic acids is 1. The standard InChI is InChI=1S/C42H78O4/c1-3-5-7-9-11-12-13-14-15-16-17-18-19-20-21-22-23-24-25-31-35-39-42(45)46-40(36-32-28-10-8-6-4-2)37-33-29-26-27-30-34-38-41(43)44/h11-12,14-15,40H,3-10,13,16-39H2,1-2H3,(H,43,44)/b12-11-,15-14-. The molecule has 0 aliphatic rings. The Balaban J connectivity index is 3.79. The molecule has 0 amide bonds. The number of hydrogen-bond donors (Lipinski definition) is 1. The summed E-state index contributed by atoms with van der Waals surface area (Å²) in [4.78, 5) is 23.3. The van der Waals surface area contributed by atoms with Crippen molar-refractivity contribution in [3.63, 3.8) is 0 Å². The number of carboxylic acids is 1. The minimum atomic E-state index is -0.692. The van der Waals surface area contributed by atoms with Crippen LogP contribution in [0.4, 0.5) is 0 Å². The predicted molar refractivity (Wildman–Crippen MR) is 200 cm³/mol. The van der Waals surface area contributed by atoms with Gasteiger partial charge in [0.15, 0.2) is 0 Å². The van der Waals surface area contributed by atoms with Gasteiger partial charge in [-0.2, -0.15) is 0 Å². The highest BCUT2D eigenvalue weighted by Gasteiger charge is 2.14. The first-order valence-electron chi connectivity index (χ1n) is 20.3. The van der Waals surface area contributed by atoms with Crippen molar-refractivity contribution in [1.29, 1.82) is 0 Å². The fourth-order valence-corrected chi connectivity index (χ4v) is 6.16. The van der Waals surface area contributed by atoms with Gasteiger partial charge in [-0.3, -0.25) is 9.59 Å². The Bertz CT molecular complexity index is 698. The molecular weight excluding hydrogens is 568 g/mol. The number of carboxylic acid groups (broad SMARTS) is 1. The van der Waals surface area contributed by atoms with E-state index in [0.717, 1.165) is 77.0 Å². The van der Waals surface area contributed by atoms with Gasteiger partial charge < -0.3 is 9.84 Å². The zero-order valence-electron chi connectivity index (χ0n) is 30.9. The first kappa shape index (κ1) is 44.4. The topological polar surface area (TPSA) is 63.6 Å². The summed E-state index contributed by atoms with van der Waals surface area (Å²) in [5, 5.41) is 8.76. The smallest absolute Gasteiger partial charge is 0.306 e. The number of rotatable bonds is 37. The first-order valence-corrected chi connectivity index (χ1v) is 20.3. The van der Waals surface area contributed by atoms with Gasteiger partial charge in [0.2, 0.25) is 0 Å². The highest BCUT2D eigenvalue weighted by molar-refractivity contribution is 5.69. The molecule has 0 saturated heterocycles. The van der Waals surface area contributed by atoms with Gasteiger partial charge in [-0.1, -0.05) is 167 Å². The summed E-state index contributed by atoms with van der Waals surface area (Å²) in [6, 6.07) is 0. The van der Waals surface area contributed by atoms with E-state index in [4.69, 9.17) is 9.84 Å². The van der Waals surface area contributed by atoms with Crippen molar-refractivity contribution in [2.45, 2.75) is 232 Å². The Kier molecular flexibility index (Phi) is 36.6. The molecule has 0 spiro atoms. The second kappa shape index (κ2) is 37.9. The van der Waals surface area contributed by atoms with Crippen molar-refractivity contribution in [3.05, 3.63) is 24.3 Å². The summed E-state index contributed by atoms with van der Waals surface area (Å²) in [6.45, 7) is 4.51. The first-order chi connectivity index (χ1) is 22.6. The molecule has 0 aromatic carbocycles. The van der Waals surface area contributed by atoms with Crippen molar-refractivity contribution in [2.24, 2.45) is 0 Å². The molecule has 0 radical (unpaired) electrons. The average Bonchev–Trinajstić information content (AvgIpc) is 3.04. The zero-order chi connectivity index (χ0) is 33.6. The third-order valence-electron chi connectivity index (χ3n) is 9.18. The van der Waals surface area contributed by atoms with E-state index in [-0.39, 0.29) is 18.5 Å². The van der Waals surface area contributed by atoms with E-state index >= 15 is 0 Å². The maximum absolute atomic E-state index is 12.6. The SMILES string of the molecule is CCCCC/C=C\C/C=C\CCCCCCCCCCCCCC(=O)OC(CCCCCCCC)CCCCCCCCC(=O)O. The lowest BCUT2D eigenvalue weighted by atomic mass is 10.0. The summed E-state index contributed by atoms with van der Waals surface area (Å²) in [5.41, 5.74) is 0. The monoisotopic (exact) mass is 647 g/mol. The maximum atomic E-state index is 12.6. The van der Waals surface area contributed by atoms with Crippen LogP contribution in [0.15, 0.2) is 24.3 Å². The summed E-state index contributed by atoms with van der Waals surface area (Å²) in [6.07, 6.45) is 47.8.